The van der Waals surface area contributed by atoms with Gasteiger partial charge in [-0.25, -0.2) is 0 Å². The minimum absolute atomic E-state index is 0.201. The van der Waals surface area contributed by atoms with Gasteiger partial charge in [0.05, 0.1) is 6.04 Å². The van der Waals surface area contributed by atoms with Crippen LogP contribution in [0.4, 0.5) is 13.2 Å². The van der Waals surface area contributed by atoms with Gasteiger partial charge < -0.3 is 9.29 Å². The lowest BCUT2D eigenvalue weighted by atomic mass is 10.3. The molecule has 0 fully saturated rings. The van der Waals surface area contributed by atoms with Gasteiger partial charge in [-0.2, -0.15) is 13.2 Å². The fourth-order valence-corrected chi connectivity index (χ4v) is 2.93. The highest BCUT2D eigenvalue weighted by Crippen LogP contribution is 2.31. The maximum atomic E-state index is 12.0. The Balaban J connectivity index is 2.58. The summed E-state index contributed by atoms with van der Waals surface area (Å²) in [7, 11) is 0. The molecule has 8 heteroatoms. The Hall–Kier alpha value is -0.440. The quantitative estimate of drug-likeness (QED) is 0.836. The summed E-state index contributed by atoms with van der Waals surface area (Å²) < 4.78 is 55.2. The van der Waals surface area contributed by atoms with Crippen LogP contribution in [-0.2, 0) is 11.4 Å². The van der Waals surface area contributed by atoms with Crippen LogP contribution in [0.2, 0.25) is 0 Å². The minimum atomic E-state index is -4.35. The maximum Gasteiger partial charge on any atom is 0.422 e. The predicted octanol–water partition coefficient (Wildman–Crippen LogP) is 3.80. The van der Waals surface area contributed by atoms with Gasteiger partial charge in [-0.3, -0.25) is 0 Å². The molecule has 0 aliphatic carbocycles. The topological polar surface area (TPSA) is 44.3 Å². The van der Waals surface area contributed by atoms with E-state index >= 15 is 0 Å². The highest BCUT2D eigenvalue weighted by atomic mass is 32.2. The molecule has 0 bridgehead atoms. The van der Waals surface area contributed by atoms with Gasteiger partial charge in [0.25, 0.3) is 0 Å². The summed E-state index contributed by atoms with van der Waals surface area (Å²) in [6.45, 7) is 6.03. The van der Waals surface area contributed by atoms with Crippen LogP contribution in [0.1, 0.15) is 38.6 Å². The van der Waals surface area contributed by atoms with E-state index in [4.69, 9.17) is 0 Å². The van der Waals surface area contributed by atoms with Crippen LogP contribution in [0.3, 0.4) is 0 Å². The molecule has 0 saturated heterocycles. The SMILES string of the molecule is CC(N[S@+]([O-])C(C)(C)C)c1ccc(OCC(F)(F)F)s1. The molecule has 0 amide bonds. The Morgan fingerprint density at radius 1 is 1.35 bits per heavy atom. The molecular formula is C12H18F3NO2S2. The number of rotatable bonds is 5. The lowest BCUT2D eigenvalue weighted by molar-refractivity contribution is -0.152. The third-order valence-electron chi connectivity index (χ3n) is 2.25. The summed E-state index contributed by atoms with van der Waals surface area (Å²) in [6, 6.07) is 2.95. The molecule has 116 valence electrons. The van der Waals surface area contributed by atoms with E-state index in [-0.39, 0.29) is 11.1 Å². The second kappa shape index (κ2) is 6.55. The highest BCUT2D eigenvalue weighted by Gasteiger charge is 2.30. The van der Waals surface area contributed by atoms with E-state index < -0.39 is 28.9 Å². The van der Waals surface area contributed by atoms with Crippen molar-refractivity contribution in [3.8, 4) is 5.06 Å². The molecule has 2 atom stereocenters. The van der Waals surface area contributed by atoms with E-state index in [1.54, 1.807) is 6.07 Å². The van der Waals surface area contributed by atoms with Gasteiger partial charge in [0.2, 0.25) is 0 Å². The van der Waals surface area contributed by atoms with E-state index in [0.29, 0.717) is 0 Å². The van der Waals surface area contributed by atoms with Crippen LogP contribution in [-0.4, -0.2) is 22.1 Å². The summed E-state index contributed by atoms with van der Waals surface area (Å²) in [5, 5.41) is 0.201. The number of nitrogens with one attached hydrogen (secondary N) is 1. The molecule has 1 aromatic rings. The monoisotopic (exact) mass is 329 g/mol. The van der Waals surface area contributed by atoms with Crippen LogP contribution in [0.15, 0.2) is 12.1 Å². The zero-order chi connectivity index (χ0) is 15.6. The Kier molecular flexibility index (Phi) is 5.77. The molecule has 1 aromatic heterocycles. The predicted molar refractivity (Wildman–Crippen MR) is 75.3 cm³/mol. The van der Waals surface area contributed by atoms with E-state index in [1.165, 1.54) is 6.07 Å². The fourth-order valence-electron chi connectivity index (χ4n) is 1.19. The number of halogens is 3. The summed E-state index contributed by atoms with van der Waals surface area (Å²) in [5.74, 6) is 0. The average molecular weight is 329 g/mol. The second-order valence-corrected chi connectivity index (χ2v) is 8.36. The van der Waals surface area contributed by atoms with Gasteiger partial charge in [0, 0.05) is 16.2 Å². The molecule has 1 rings (SSSR count). The molecule has 0 spiro atoms. The third kappa shape index (κ3) is 5.90. The second-order valence-electron chi connectivity index (χ2n) is 5.28. The molecule has 0 aliphatic rings. The fraction of sp³-hybridized carbons (Fsp3) is 0.667. The number of thiophene rings is 1. The first-order valence-corrected chi connectivity index (χ1v) is 7.93. The van der Waals surface area contributed by atoms with Crippen molar-refractivity contribution in [2.75, 3.05) is 6.61 Å². The van der Waals surface area contributed by atoms with Crippen molar-refractivity contribution < 1.29 is 22.5 Å². The molecule has 20 heavy (non-hydrogen) atoms. The molecule has 1 heterocycles. The Bertz CT molecular complexity index is 429. The van der Waals surface area contributed by atoms with Crippen molar-refractivity contribution in [2.24, 2.45) is 0 Å². The van der Waals surface area contributed by atoms with Crippen LogP contribution in [0.25, 0.3) is 0 Å². The van der Waals surface area contributed by atoms with Crippen molar-refractivity contribution in [3.05, 3.63) is 17.0 Å². The standard InChI is InChI=1S/C12H18F3NO2S2/c1-8(16-20(17)11(2,3)4)9-5-6-10(19-9)18-7-12(13,14)15/h5-6,8,16H,7H2,1-4H3/t8?,20-/m1/s1. The molecule has 0 radical (unpaired) electrons. The van der Waals surface area contributed by atoms with Gasteiger partial charge in [-0.1, -0.05) is 0 Å². The number of ether oxygens (including phenoxy) is 1. The lowest BCUT2D eigenvalue weighted by Crippen LogP contribution is -2.40. The molecular weight excluding hydrogens is 311 g/mol. The normalized spacial score (nSPS) is 16.0. The van der Waals surface area contributed by atoms with Gasteiger partial charge in [0.1, 0.15) is 4.75 Å². The van der Waals surface area contributed by atoms with Crippen molar-refractivity contribution >= 4 is 22.7 Å². The molecule has 0 aliphatic heterocycles. The van der Waals surface area contributed by atoms with Crippen molar-refractivity contribution in [2.45, 2.75) is 44.7 Å². The summed E-state index contributed by atoms with van der Waals surface area (Å²) >= 11 is -0.125. The van der Waals surface area contributed by atoms with Crippen LogP contribution in [0, 0.1) is 0 Å². The molecule has 0 aromatic carbocycles. The zero-order valence-electron chi connectivity index (χ0n) is 11.7. The van der Waals surface area contributed by atoms with Crippen molar-refractivity contribution in [3.63, 3.8) is 0 Å². The summed E-state index contributed by atoms with van der Waals surface area (Å²) in [6.07, 6.45) is -4.35. The maximum absolute atomic E-state index is 12.0. The first kappa shape index (κ1) is 17.6. The number of hydrogen-bond donors (Lipinski definition) is 1. The van der Waals surface area contributed by atoms with E-state index in [1.807, 2.05) is 27.7 Å². The largest absolute Gasteiger partial charge is 0.598 e. The van der Waals surface area contributed by atoms with E-state index in [2.05, 4.69) is 9.46 Å². The minimum Gasteiger partial charge on any atom is -0.598 e. The van der Waals surface area contributed by atoms with Crippen LogP contribution >= 0.6 is 11.3 Å². The average Bonchev–Trinajstić information content (AvgIpc) is 2.72. The van der Waals surface area contributed by atoms with Crippen LogP contribution in [0.5, 0.6) is 5.06 Å². The molecule has 3 nitrogen and oxygen atoms in total. The molecule has 0 saturated carbocycles. The highest BCUT2D eigenvalue weighted by molar-refractivity contribution is 7.90. The smallest absolute Gasteiger partial charge is 0.422 e. The van der Waals surface area contributed by atoms with Gasteiger partial charge in [-0.05, 0) is 39.8 Å². The van der Waals surface area contributed by atoms with Gasteiger partial charge in [0.15, 0.2) is 11.7 Å². The first-order chi connectivity index (χ1) is 8.99. The number of hydrogen-bond acceptors (Lipinski definition) is 4. The lowest BCUT2D eigenvalue weighted by Gasteiger charge is -2.26. The van der Waals surface area contributed by atoms with E-state index in [9.17, 15) is 17.7 Å². The molecule has 1 N–H and O–H groups in total. The van der Waals surface area contributed by atoms with Crippen molar-refractivity contribution in [1.29, 1.82) is 0 Å². The van der Waals surface area contributed by atoms with E-state index in [0.717, 1.165) is 16.2 Å². The first-order valence-electron chi connectivity index (χ1n) is 5.96. The number of alkyl halides is 3. The third-order valence-corrected chi connectivity index (χ3v) is 5.11. The van der Waals surface area contributed by atoms with Gasteiger partial charge >= 0.3 is 6.18 Å². The van der Waals surface area contributed by atoms with Gasteiger partial charge in [-0.15, -0.1) is 16.1 Å². The molecule has 1 unspecified atom stereocenters. The summed E-state index contributed by atoms with van der Waals surface area (Å²) in [5.41, 5.74) is 0. The Morgan fingerprint density at radius 3 is 2.45 bits per heavy atom. The summed E-state index contributed by atoms with van der Waals surface area (Å²) in [4.78, 5) is 0.778. The van der Waals surface area contributed by atoms with Crippen LogP contribution < -0.4 is 9.46 Å². The zero-order valence-corrected chi connectivity index (χ0v) is 13.3. The van der Waals surface area contributed by atoms with Crippen molar-refractivity contribution in [1.82, 2.24) is 4.72 Å². The Labute approximate surface area is 123 Å². The Morgan fingerprint density at radius 2 is 1.95 bits per heavy atom.